The summed E-state index contributed by atoms with van der Waals surface area (Å²) in [6.07, 6.45) is 1.51. The Hall–Kier alpha value is -1.61. The van der Waals surface area contributed by atoms with Crippen molar-refractivity contribution in [2.24, 2.45) is 5.92 Å². The molecule has 1 N–H and O–H groups in total. The molecule has 0 saturated carbocycles. The molecule has 2 heterocycles. The number of anilines is 1. The summed E-state index contributed by atoms with van der Waals surface area (Å²) in [7, 11) is 0. The Morgan fingerprint density at radius 2 is 2.21 bits per heavy atom. The molecule has 2 unspecified atom stereocenters. The molecule has 0 amide bonds. The van der Waals surface area contributed by atoms with Crippen LogP contribution in [0.2, 0.25) is 0 Å². The summed E-state index contributed by atoms with van der Waals surface area (Å²) in [6.45, 7) is 6.06. The van der Waals surface area contributed by atoms with Crippen molar-refractivity contribution in [1.82, 2.24) is 4.98 Å². The van der Waals surface area contributed by atoms with E-state index in [1.165, 1.54) is 11.1 Å². The van der Waals surface area contributed by atoms with Gasteiger partial charge in [0.15, 0.2) is 0 Å². The van der Waals surface area contributed by atoms with Gasteiger partial charge in [0.1, 0.15) is 0 Å². The predicted molar refractivity (Wildman–Crippen MR) is 78.5 cm³/mol. The van der Waals surface area contributed by atoms with E-state index in [4.69, 9.17) is 4.74 Å². The summed E-state index contributed by atoms with van der Waals surface area (Å²) in [4.78, 5) is 4.57. The Morgan fingerprint density at radius 3 is 3.00 bits per heavy atom. The molecule has 0 bridgehead atoms. The SMILES string of the molecule is Cc1cc(NCC2CCOC2C)c2ccccc2n1. The molecule has 0 radical (unpaired) electrons. The van der Waals surface area contributed by atoms with Crippen molar-refractivity contribution < 1.29 is 4.74 Å². The van der Waals surface area contributed by atoms with Crippen LogP contribution in [-0.2, 0) is 4.74 Å². The van der Waals surface area contributed by atoms with Crippen LogP contribution < -0.4 is 5.32 Å². The minimum absolute atomic E-state index is 0.363. The summed E-state index contributed by atoms with van der Waals surface area (Å²) >= 11 is 0. The zero-order valence-electron chi connectivity index (χ0n) is 11.5. The normalized spacial score (nSPS) is 22.8. The third-order valence-corrected chi connectivity index (χ3v) is 3.93. The van der Waals surface area contributed by atoms with Gasteiger partial charge in [0.2, 0.25) is 0 Å². The molecule has 2 aromatic rings. The highest BCUT2D eigenvalue weighted by Gasteiger charge is 2.23. The standard InChI is InChI=1S/C16H20N2O/c1-11-9-16(14-5-3-4-6-15(14)18-11)17-10-13-7-8-19-12(13)2/h3-6,9,12-13H,7-8,10H2,1-2H3,(H,17,18). The second kappa shape index (κ2) is 5.17. The number of hydrogen-bond donors (Lipinski definition) is 1. The summed E-state index contributed by atoms with van der Waals surface area (Å²) in [5.41, 5.74) is 3.29. The average Bonchev–Trinajstić information content (AvgIpc) is 2.81. The smallest absolute Gasteiger partial charge is 0.0725 e. The number of fused-ring (bicyclic) bond motifs is 1. The summed E-state index contributed by atoms with van der Waals surface area (Å²) in [5.74, 6) is 0.604. The van der Waals surface area contributed by atoms with E-state index in [1.54, 1.807) is 0 Å². The highest BCUT2D eigenvalue weighted by Crippen LogP contribution is 2.25. The number of rotatable bonds is 3. The molecule has 0 aliphatic carbocycles. The molecular formula is C16H20N2O. The lowest BCUT2D eigenvalue weighted by molar-refractivity contribution is 0.108. The van der Waals surface area contributed by atoms with E-state index in [0.29, 0.717) is 12.0 Å². The summed E-state index contributed by atoms with van der Waals surface area (Å²) in [6, 6.07) is 10.4. The minimum Gasteiger partial charge on any atom is -0.384 e. The van der Waals surface area contributed by atoms with E-state index in [2.05, 4.69) is 41.5 Å². The maximum absolute atomic E-state index is 5.61. The van der Waals surface area contributed by atoms with Crippen molar-refractivity contribution >= 4 is 16.6 Å². The van der Waals surface area contributed by atoms with Crippen molar-refractivity contribution in [3.8, 4) is 0 Å². The molecular weight excluding hydrogens is 236 g/mol. The van der Waals surface area contributed by atoms with Crippen LogP contribution in [0.15, 0.2) is 30.3 Å². The quantitative estimate of drug-likeness (QED) is 0.914. The number of aromatic nitrogens is 1. The summed E-state index contributed by atoms with van der Waals surface area (Å²) in [5, 5.41) is 4.77. The number of ether oxygens (including phenoxy) is 1. The number of benzene rings is 1. The number of aryl methyl sites for hydroxylation is 1. The second-order valence-corrected chi connectivity index (χ2v) is 5.33. The Balaban J connectivity index is 1.84. The molecule has 3 nitrogen and oxygen atoms in total. The van der Waals surface area contributed by atoms with Gasteiger partial charge in [0, 0.05) is 35.8 Å². The van der Waals surface area contributed by atoms with Crippen LogP contribution >= 0.6 is 0 Å². The molecule has 1 aliphatic rings. The van der Waals surface area contributed by atoms with Gasteiger partial charge in [0.25, 0.3) is 0 Å². The van der Waals surface area contributed by atoms with Gasteiger partial charge in [-0.15, -0.1) is 0 Å². The fourth-order valence-corrected chi connectivity index (χ4v) is 2.74. The van der Waals surface area contributed by atoms with Gasteiger partial charge in [0.05, 0.1) is 11.6 Å². The maximum atomic E-state index is 5.61. The van der Waals surface area contributed by atoms with Crippen LogP contribution in [-0.4, -0.2) is 24.2 Å². The van der Waals surface area contributed by atoms with Crippen LogP contribution in [0.5, 0.6) is 0 Å². The number of pyridine rings is 1. The van der Waals surface area contributed by atoms with Crippen molar-refractivity contribution in [2.45, 2.75) is 26.4 Å². The van der Waals surface area contributed by atoms with Gasteiger partial charge in [-0.3, -0.25) is 4.98 Å². The first-order valence-electron chi connectivity index (χ1n) is 6.96. The van der Waals surface area contributed by atoms with E-state index in [1.807, 2.05) is 13.0 Å². The van der Waals surface area contributed by atoms with E-state index in [0.717, 1.165) is 30.8 Å². The molecule has 3 heteroatoms. The van der Waals surface area contributed by atoms with Crippen molar-refractivity contribution in [3.63, 3.8) is 0 Å². The molecule has 1 aromatic heterocycles. The number of para-hydroxylation sites is 1. The lowest BCUT2D eigenvalue weighted by Crippen LogP contribution is -2.20. The molecule has 3 rings (SSSR count). The first-order chi connectivity index (χ1) is 9.24. The third kappa shape index (κ3) is 2.56. The van der Waals surface area contributed by atoms with Crippen LogP contribution in [0.4, 0.5) is 5.69 Å². The minimum atomic E-state index is 0.363. The molecule has 100 valence electrons. The van der Waals surface area contributed by atoms with Crippen LogP contribution in [0.25, 0.3) is 10.9 Å². The Morgan fingerprint density at radius 1 is 1.37 bits per heavy atom. The maximum Gasteiger partial charge on any atom is 0.0725 e. The molecule has 1 fully saturated rings. The molecule has 2 atom stereocenters. The van der Waals surface area contributed by atoms with Gasteiger partial charge in [-0.2, -0.15) is 0 Å². The van der Waals surface area contributed by atoms with Gasteiger partial charge >= 0.3 is 0 Å². The highest BCUT2D eigenvalue weighted by molar-refractivity contribution is 5.91. The topological polar surface area (TPSA) is 34.1 Å². The van der Waals surface area contributed by atoms with Gasteiger partial charge in [-0.05, 0) is 32.4 Å². The van der Waals surface area contributed by atoms with Crippen molar-refractivity contribution in [2.75, 3.05) is 18.5 Å². The van der Waals surface area contributed by atoms with Gasteiger partial charge in [-0.25, -0.2) is 0 Å². The van der Waals surface area contributed by atoms with Gasteiger partial charge in [-0.1, -0.05) is 18.2 Å². The molecule has 1 saturated heterocycles. The van der Waals surface area contributed by atoms with E-state index in [-0.39, 0.29) is 0 Å². The zero-order chi connectivity index (χ0) is 13.2. The highest BCUT2D eigenvalue weighted by atomic mass is 16.5. The average molecular weight is 256 g/mol. The fourth-order valence-electron chi connectivity index (χ4n) is 2.74. The number of nitrogens with one attached hydrogen (secondary N) is 1. The van der Waals surface area contributed by atoms with E-state index >= 15 is 0 Å². The van der Waals surface area contributed by atoms with E-state index < -0.39 is 0 Å². The van der Waals surface area contributed by atoms with Crippen molar-refractivity contribution in [1.29, 1.82) is 0 Å². The first kappa shape index (κ1) is 12.4. The largest absolute Gasteiger partial charge is 0.384 e. The Bertz CT molecular complexity index is 582. The second-order valence-electron chi connectivity index (χ2n) is 5.33. The lowest BCUT2D eigenvalue weighted by Gasteiger charge is -2.17. The molecule has 1 aliphatic heterocycles. The Labute approximate surface area is 114 Å². The molecule has 1 aromatic carbocycles. The molecule has 19 heavy (non-hydrogen) atoms. The van der Waals surface area contributed by atoms with Crippen LogP contribution in [0.3, 0.4) is 0 Å². The zero-order valence-corrected chi connectivity index (χ0v) is 11.5. The number of nitrogens with zero attached hydrogens (tertiary/aromatic N) is 1. The Kier molecular flexibility index (Phi) is 3.38. The number of hydrogen-bond acceptors (Lipinski definition) is 3. The predicted octanol–water partition coefficient (Wildman–Crippen LogP) is 3.38. The lowest BCUT2D eigenvalue weighted by atomic mass is 10.0. The van der Waals surface area contributed by atoms with Crippen LogP contribution in [0, 0.1) is 12.8 Å². The monoisotopic (exact) mass is 256 g/mol. The fraction of sp³-hybridized carbons (Fsp3) is 0.438. The summed E-state index contributed by atoms with van der Waals surface area (Å²) < 4.78 is 5.61. The van der Waals surface area contributed by atoms with Crippen LogP contribution in [0.1, 0.15) is 19.0 Å². The first-order valence-corrected chi connectivity index (χ1v) is 6.96. The van der Waals surface area contributed by atoms with Gasteiger partial charge < -0.3 is 10.1 Å². The third-order valence-electron chi connectivity index (χ3n) is 3.93. The molecule has 0 spiro atoms. The van der Waals surface area contributed by atoms with E-state index in [9.17, 15) is 0 Å². The van der Waals surface area contributed by atoms with Crippen molar-refractivity contribution in [3.05, 3.63) is 36.0 Å².